The number of likely N-dealkylation sites (N-methyl/N-ethyl adjacent to an activating group) is 1. The van der Waals surface area contributed by atoms with Crippen LogP contribution < -0.4 is 4.89 Å². The van der Waals surface area contributed by atoms with Crippen LogP contribution in [0.4, 0.5) is 0 Å². The summed E-state index contributed by atoms with van der Waals surface area (Å²) in [6, 6.07) is 0. The zero-order valence-corrected chi connectivity index (χ0v) is 21.4. The molecule has 0 bridgehead atoms. The number of aliphatic hydroxyl groups is 1. The molecule has 2 unspecified atom stereocenters. The zero-order valence-electron chi connectivity index (χ0n) is 20.6. The second-order valence-electron chi connectivity index (χ2n) is 10.0. The first-order valence-corrected chi connectivity index (χ1v) is 14.0. The van der Waals surface area contributed by atoms with Gasteiger partial charge in [-0.15, -0.1) is 0 Å². The van der Waals surface area contributed by atoms with E-state index in [0.29, 0.717) is 11.0 Å². The van der Waals surface area contributed by atoms with E-state index in [1.54, 1.807) is 0 Å². The lowest BCUT2D eigenvalue weighted by Gasteiger charge is -2.23. The standard InChI is InChI=1S/C25H52NO2P/c1-6-8-9-10-11-12-13-14-15-16-17-18-19-20-22-24(21-7-2)29(28)25(27)23-26(3,4)5/h24H,6-23H2,1-5H3/p+1. The van der Waals surface area contributed by atoms with Crippen molar-refractivity contribution in [3.63, 3.8) is 0 Å². The van der Waals surface area contributed by atoms with Gasteiger partial charge in [0.15, 0.2) is 6.54 Å². The minimum atomic E-state index is -1.61. The highest BCUT2D eigenvalue weighted by molar-refractivity contribution is 7.52. The first kappa shape index (κ1) is 29.1. The average molecular weight is 431 g/mol. The van der Waals surface area contributed by atoms with Gasteiger partial charge < -0.3 is 14.5 Å². The Morgan fingerprint density at radius 2 is 1.10 bits per heavy atom. The predicted octanol–water partition coefficient (Wildman–Crippen LogP) is 6.99. The Labute approximate surface area is 184 Å². The molecule has 0 fully saturated rings. The quantitative estimate of drug-likeness (QED) is 0.128. The third kappa shape index (κ3) is 18.5. The SMILES string of the molecule is CCCCCCCCCCCCCCCCC(CCC)/[P+]([O-])=C(\O)C[N+](C)(C)C. The molecule has 174 valence electrons. The summed E-state index contributed by atoms with van der Waals surface area (Å²) in [4.78, 5) is 12.7. The molecule has 1 N–H and O–H groups in total. The minimum Gasteiger partial charge on any atom is -0.628 e. The molecule has 29 heavy (non-hydrogen) atoms. The molecule has 4 heteroatoms. The molecule has 0 aliphatic rings. The van der Waals surface area contributed by atoms with Crippen LogP contribution in [-0.4, -0.2) is 48.4 Å². The second kappa shape index (κ2) is 18.8. The second-order valence-corrected chi connectivity index (χ2v) is 11.9. The summed E-state index contributed by atoms with van der Waals surface area (Å²) >= 11 is 0. The number of hydrogen-bond acceptors (Lipinski definition) is 1. The van der Waals surface area contributed by atoms with Gasteiger partial charge in [-0.25, -0.2) is 0 Å². The minimum absolute atomic E-state index is 0.166. The van der Waals surface area contributed by atoms with E-state index in [4.69, 9.17) is 0 Å². The van der Waals surface area contributed by atoms with Crippen molar-refractivity contribution in [1.82, 2.24) is 0 Å². The van der Waals surface area contributed by atoms with Crippen LogP contribution in [-0.2, 0) is 0 Å². The van der Waals surface area contributed by atoms with Crippen molar-refractivity contribution >= 4 is 13.3 Å². The number of aliphatic hydroxyl groups excluding tert-OH is 1. The summed E-state index contributed by atoms with van der Waals surface area (Å²) in [6.45, 7) is 4.92. The van der Waals surface area contributed by atoms with Crippen LogP contribution in [0.15, 0.2) is 0 Å². The van der Waals surface area contributed by atoms with Crippen molar-refractivity contribution in [2.75, 3.05) is 27.7 Å². The highest BCUT2D eigenvalue weighted by Gasteiger charge is 2.24. The van der Waals surface area contributed by atoms with Gasteiger partial charge in [-0.1, -0.05) is 104 Å². The molecular weight excluding hydrogens is 377 g/mol. The largest absolute Gasteiger partial charge is 0.628 e. The Morgan fingerprint density at radius 3 is 1.48 bits per heavy atom. The Hall–Kier alpha value is 0.0500. The van der Waals surface area contributed by atoms with Crippen LogP contribution in [0, 0.1) is 0 Å². The lowest BCUT2D eigenvalue weighted by atomic mass is 10.0. The molecule has 0 aromatic heterocycles. The zero-order chi connectivity index (χ0) is 22.0. The van der Waals surface area contributed by atoms with Gasteiger partial charge in [-0.05, 0) is 19.3 Å². The van der Waals surface area contributed by atoms with Crippen LogP contribution in [0.2, 0.25) is 0 Å². The van der Waals surface area contributed by atoms with E-state index in [1.807, 2.05) is 21.1 Å². The summed E-state index contributed by atoms with van der Waals surface area (Å²) in [7, 11) is 4.48. The van der Waals surface area contributed by atoms with E-state index in [-0.39, 0.29) is 11.1 Å². The maximum atomic E-state index is 12.7. The van der Waals surface area contributed by atoms with Crippen LogP contribution >= 0.6 is 7.77 Å². The number of unbranched alkanes of at least 4 members (excludes halogenated alkanes) is 13. The third-order valence-corrected chi connectivity index (χ3v) is 7.54. The van der Waals surface area contributed by atoms with Crippen molar-refractivity contribution < 1.29 is 14.5 Å². The Kier molecular flexibility index (Phi) is 18.8. The van der Waals surface area contributed by atoms with Crippen LogP contribution in [0.1, 0.15) is 123 Å². The monoisotopic (exact) mass is 430 g/mol. The highest BCUT2D eigenvalue weighted by Crippen LogP contribution is 2.31. The highest BCUT2D eigenvalue weighted by atomic mass is 31.1. The van der Waals surface area contributed by atoms with Gasteiger partial charge in [0, 0.05) is 0 Å². The molecule has 0 spiro atoms. The smallest absolute Gasteiger partial charge is 0.274 e. The summed E-state index contributed by atoms with van der Waals surface area (Å²) in [6.07, 6.45) is 22.1. The van der Waals surface area contributed by atoms with Crippen LogP contribution in [0.5, 0.6) is 0 Å². The Bertz CT molecular complexity index is 404. The fraction of sp³-hybridized carbons (Fsp3) is 0.960. The normalized spacial score (nSPS) is 14.2. The maximum Gasteiger partial charge on any atom is 0.274 e. The van der Waals surface area contributed by atoms with Gasteiger partial charge in [-0.2, -0.15) is 0 Å². The van der Waals surface area contributed by atoms with Gasteiger partial charge in [0.1, 0.15) is 5.66 Å². The number of hydrogen-bond donors (Lipinski definition) is 1. The van der Waals surface area contributed by atoms with Crippen molar-refractivity contribution in [2.45, 2.75) is 129 Å². The first-order chi connectivity index (χ1) is 13.8. The lowest BCUT2D eigenvalue weighted by Crippen LogP contribution is -2.40. The molecule has 0 aromatic rings. The fourth-order valence-corrected chi connectivity index (χ4v) is 5.89. The Balaban J connectivity index is 3.78. The fourth-order valence-electron chi connectivity index (χ4n) is 3.99. The maximum absolute atomic E-state index is 12.7. The summed E-state index contributed by atoms with van der Waals surface area (Å²) in [5, 5.41) is 10.3. The molecule has 2 atom stereocenters. The topological polar surface area (TPSA) is 43.3 Å². The van der Waals surface area contributed by atoms with Crippen molar-refractivity contribution in [3.05, 3.63) is 0 Å². The van der Waals surface area contributed by atoms with Gasteiger partial charge in [-0.3, -0.25) is 0 Å². The van der Waals surface area contributed by atoms with E-state index in [2.05, 4.69) is 13.8 Å². The Morgan fingerprint density at radius 1 is 0.690 bits per heavy atom. The van der Waals surface area contributed by atoms with E-state index >= 15 is 0 Å². The lowest BCUT2D eigenvalue weighted by molar-refractivity contribution is -0.861. The van der Waals surface area contributed by atoms with Crippen molar-refractivity contribution in [3.8, 4) is 0 Å². The van der Waals surface area contributed by atoms with Gasteiger partial charge in [0.05, 0.1) is 28.9 Å². The van der Waals surface area contributed by atoms with Gasteiger partial charge in [0.25, 0.3) is 5.48 Å². The number of nitrogens with zero attached hydrogens (tertiary/aromatic N) is 1. The van der Waals surface area contributed by atoms with Crippen LogP contribution in [0.3, 0.4) is 0 Å². The van der Waals surface area contributed by atoms with Crippen molar-refractivity contribution in [1.29, 1.82) is 0 Å². The number of rotatable bonds is 20. The third-order valence-electron chi connectivity index (χ3n) is 5.71. The van der Waals surface area contributed by atoms with Gasteiger partial charge >= 0.3 is 0 Å². The molecule has 3 nitrogen and oxygen atoms in total. The van der Waals surface area contributed by atoms with E-state index in [0.717, 1.165) is 25.7 Å². The average Bonchev–Trinajstić information content (AvgIpc) is 2.65. The summed E-state index contributed by atoms with van der Waals surface area (Å²) in [5.74, 6) is 0. The van der Waals surface area contributed by atoms with E-state index in [9.17, 15) is 10.00 Å². The molecule has 0 saturated carbocycles. The molecule has 0 radical (unpaired) electrons. The van der Waals surface area contributed by atoms with Crippen LogP contribution in [0.25, 0.3) is 0 Å². The molecule has 0 aliphatic carbocycles. The molecule has 0 heterocycles. The summed E-state index contributed by atoms with van der Waals surface area (Å²) in [5.41, 5.74) is 0.384. The molecule has 0 saturated heterocycles. The molecule has 0 aromatic carbocycles. The summed E-state index contributed by atoms with van der Waals surface area (Å²) < 4.78 is 0.630. The number of quaternary nitrogens is 1. The molecule has 0 aliphatic heterocycles. The van der Waals surface area contributed by atoms with E-state index < -0.39 is 7.77 Å². The molecule has 0 amide bonds. The van der Waals surface area contributed by atoms with Crippen molar-refractivity contribution in [2.24, 2.45) is 0 Å². The molecular formula is C25H53NO2P+. The van der Waals surface area contributed by atoms with E-state index in [1.165, 1.54) is 83.5 Å². The molecule has 0 rings (SSSR count). The van der Waals surface area contributed by atoms with Gasteiger partial charge in [0.2, 0.25) is 0 Å². The predicted molar refractivity (Wildman–Crippen MR) is 130 cm³/mol. The first-order valence-electron chi connectivity index (χ1n) is 12.6.